The molecule has 3 aromatic rings. The molecule has 1 amide bonds. The van der Waals surface area contributed by atoms with E-state index in [1.165, 1.54) is 5.56 Å². The fourth-order valence-electron chi connectivity index (χ4n) is 3.60. The van der Waals surface area contributed by atoms with E-state index in [1.54, 1.807) is 0 Å². The maximum absolute atomic E-state index is 12.8. The van der Waals surface area contributed by atoms with Crippen molar-refractivity contribution in [2.24, 2.45) is 0 Å². The molecular weight excluding hydrogens is 378 g/mol. The van der Waals surface area contributed by atoms with E-state index in [1.807, 2.05) is 42.6 Å². The van der Waals surface area contributed by atoms with E-state index in [9.17, 15) is 14.7 Å². The molecule has 1 atom stereocenters. The van der Waals surface area contributed by atoms with Gasteiger partial charge in [-0.1, -0.05) is 38.0 Å². The van der Waals surface area contributed by atoms with Crippen LogP contribution in [0.25, 0.3) is 16.9 Å². The fourth-order valence-corrected chi connectivity index (χ4v) is 3.60. The normalized spacial score (nSPS) is 12.1. The van der Waals surface area contributed by atoms with Crippen molar-refractivity contribution in [3.8, 4) is 11.3 Å². The lowest BCUT2D eigenvalue weighted by Crippen LogP contribution is -2.41. The first kappa shape index (κ1) is 21.6. The SMILES string of the molecule is CCCCC(NC(=O)Cc1c(-c2ccc(C)c(C)c2)nc2c(C)cccn12)C(=O)O. The molecule has 158 valence electrons. The summed E-state index contributed by atoms with van der Waals surface area (Å²) in [5.41, 5.74) is 6.62. The lowest BCUT2D eigenvalue weighted by molar-refractivity contribution is -0.142. The molecule has 0 aliphatic heterocycles. The number of nitrogens with one attached hydrogen (secondary N) is 1. The second-order valence-electron chi connectivity index (χ2n) is 7.87. The number of imidazole rings is 1. The van der Waals surface area contributed by atoms with Gasteiger partial charge in [-0.25, -0.2) is 9.78 Å². The van der Waals surface area contributed by atoms with Crippen molar-refractivity contribution in [2.75, 3.05) is 0 Å². The number of hydrogen-bond donors (Lipinski definition) is 2. The molecule has 2 N–H and O–H groups in total. The van der Waals surface area contributed by atoms with Crippen molar-refractivity contribution in [3.05, 3.63) is 58.9 Å². The number of carboxylic acids is 1. The Kier molecular flexibility index (Phi) is 6.55. The van der Waals surface area contributed by atoms with E-state index < -0.39 is 12.0 Å². The molecule has 0 fully saturated rings. The number of fused-ring (bicyclic) bond motifs is 1. The number of rotatable bonds is 8. The van der Waals surface area contributed by atoms with Crippen LogP contribution in [0.4, 0.5) is 0 Å². The van der Waals surface area contributed by atoms with Gasteiger partial charge in [-0.15, -0.1) is 0 Å². The summed E-state index contributed by atoms with van der Waals surface area (Å²) in [7, 11) is 0. The summed E-state index contributed by atoms with van der Waals surface area (Å²) in [6.07, 6.45) is 4.01. The van der Waals surface area contributed by atoms with Crippen LogP contribution in [0.2, 0.25) is 0 Å². The number of carbonyl (C=O) groups excluding carboxylic acids is 1. The van der Waals surface area contributed by atoms with Gasteiger partial charge in [-0.3, -0.25) is 4.79 Å². The number of aromatic nitrogens is 2. The van der Waals surface area contributed by atoms with Crippen molar-refractivity contribution in [3.63, 3.8) is 0 Å². The summed E-state index contributed by atoms with van der Waals surface area (Å²) in [6.45, 7) is 8.10. The highest BCUT2D eigenvalue weighted by atomic mass is 16.4. The fraction of sp³-hybridized carbons (Fsp3) is 0.375. The third-order valence-electron chi connectivity index (χ3n) is 5.53. The zero-order valence-electron chi connectivity index (χ0n) is 18.0. The van der Waals surface area contributed by atoms with Crippen molar-refractivity contribution in [1.82, 2.24) is 14.7 Å². The van der Waals surface area contributed by atoms with Gasteiger partial charge in [0, 0.05) is 11.8 Å². The zero-order chi connectivity index (χ0) is 21.8. The number of benzene rings is 1. The van der Waals surface area contributed by atoms with Gasteiger partial charge in [0.2, 0.25) is 5.91 Å². The van der Waals surface area contributed by atoms with E-state index in [4.69, 9.17) is 4.98 Å². The van der Waals surface area contributed by atoms with E-state index in [0.29, 0.717) is 6.42 Å². The lowest BCUT2D eigenvalue weighted by atomic mass is 10.0. The molecule has 2 heterocycles. The minimum Gasteiger partial charge on any atom is -0.480 e. The Morgan fingerprint density at radius 3 is 2.57 bits per heavy atom. The van der Waals surface area contributed by atoms with Crippen LogP contribution in [0.1, 0.15) is 48.6 Å². The quantitative estimate of drug-likeness (QED) is 0.585. The van der Waals surface area contributed by atoms with E-state index in [-0.39, 0.29) is 12.3 Å². The predicted molar refractivity (Wildman–Crippen MR) is 118 cm³/mol. The highest BCUT2D eigenvalue weighted by Crippen LogP contribution is 2.28. The standard InChI is InChI=1S/C24H29N3O3/c1-5-6-9-19(24(29)30)25-21(28)14-20-22(18-11-10-15(2)17(4)13-18)26-23-16(3)8-7-12-27(20)23/h7-8,10-13,19H,5-6,9,14H2,1-4H3,(H,25,28)(H,29,30). The second-order valence-corrected chi connectivity index (χ2v) is 7.87. The van der Waals surface area contributed by atoms with Crippen LogP contribution in [-0.2, 0) is 16.0 Å². The molecule has 3 rings (SSSR count). The number of nitrogens with zero attached hydrogens (tertiary/aromatic N) is 2. The summed E-state index contributed by atoms with van der Waals surface area (Å²) in [6, 6.07) is 9.19. The minimum atomic E-state index is -1.000. The highest BCUT2D eigenvalue weighted by Gasteiger charge is 2.23. The predicted octanol–water partition coefficient (Wildman–Crippen LogP) is 4.23. The topological polar surface area (TPSA) is 83.7 Å². The number of aliphatic carboxylic acids is 1. The molecule has 6 heteroatoms. The van der Waals surface area contributed by atoms with Crippen LogP contribution >= 0.6 is 0 Å². The second kappa shape index (κ2) is 9.11. The van der Waals surface area contributed by atoms with Crippen LogP contribution < -0.4 is 5.32 Å². The van der Waals surface area contributed by atoms with Crippen LogP contribution in [0.15, 0.2) is 36.5 Å². The third kappa shape index (κ3) is 4.53. The van der Waals surface area contributed by atoms with Crippen molar-refractivity contribution in [1.29, 1.82) is 0 Å². The summed E-state index contributed by atoms with van der Waals surface area (Å²) in [5.74, 6) is -1.31. The van der Waals surface area contributed by atoms with Gasteiger partial charge in [0.1, 0.15) is 11.7 Å². The molecule has 0 saturated heterocycles. The zero-order valence-corrected chi connectivity index (χ0v) is 18.0. The van der Waals surface area contributed by atoms with E-state index in [0.717, 1.165) is 46.6 Å². The molecule has 0 aliphatic rings. The Labute approximate surface area is 177 Å². The molecule has 0 spiro atoms. The first-order chi connectivity index (χ1) is 14.3. The van der Waals surface area contributed by atoms with Gasteiger partial charge in [-0.2, -0.15) is 0 Å². The highest BCUT2D eigenvalue weighted by molar-refractivity contribution is 5.86. The summed E-state index contributed by atoms with van der Waals surface area (Å²) < 4.78 is 1.93. The maximum Gasteiger partial charge on any atom is 0.326 e. The molecule has 6 nitrogen and oxygen atoms in total. The number of carboxylic acid groups (broad SMARTS) is 1. The van der Waals surface area contributed by atoms with Crippen molar-refractivity contribution >= 4 is 17.5 Å². The minimum absolute atomic E-state index is 0.0583. The van der Waals surface area contributed by atoms with E-state index in [2.05, 4.69) is 31.3 Å². The van der Waals surface area contributed by atoms with Gasteiger partial charge < -0.3 is 14.8 Å². The molecular formula is C24H29N3O3. The Morgan fingerprint density at radius 1 is 1.13 bits per heavy atom. The third-order valence-corrected chi connectivity index (χ3v) is 5.53. The Morgan fingerprint density at radius 2 is 1.90 bits per heavy atom. The number of pyridine rings is 1. The van der Waals surface area contributed by atoms with Crippen molar-refractivity contribution in [2.45, 2.75) is 59.4 Å². The molecule has 2 aromatic heterocycles. The molecule has 0 bridgehead atoms. The van der Waals surface area contributed by atoms with Gasteiger partial charge in [-0.05, 0) is 56.0 Å². The molecule has 1 aromatic carbocycles. The van der Waals surface area contributed by atoms with Gasteiger partial charge in [0.15, 0.2) is 0 Å². The Balaban J connectivity index is 1.99. The first-order valence-electron chi connectivity index (χ1n) is 10.4. The van der Waals surface area contributed by atoms with E-state index >= 15 is 0 Å². The van der Waals surface area contributed by atoms with Gasteiger partial charge in [0.25, 0.3) is 0 Å². The monoisotopic (exact) mass is 407 g/mol. The number of carbonyl (C=O) groups is 2. The number of hydrogen-bond acceptors (Lipinski definition) is 3. The van der Waals surface area contributed by atoms with Crippen LogP contribution in [0.3, 0.4) is 0 Å². The smallest absolute Gasteiger partial charge is 0.326 e. The van der Waals surface area contributed by atoms with Crippen LogP contribution in [0, 0.1) is 20.8 Å². The summed E-state index contributed by atoms with van der Waals surface area (Å²) in [5, 5.41) is 12.1. The molecule has 0 radical (unpaired) electrons. The average Bonchev–Trinajstić information content (AvgIpc) is 3.07. The summed E-state index contributed by atoms with van der Waals surface area (Å²) in [4.78, 5) is 29.2. The molecule has 1 unspecified atom stereocenters. The van der Waals surface area contributed by atoms with Gasteiger partial charge >= 0.3 is 5.97 Å². The summed E-state index contributed by atoms with van der Waals surface area (Å²) >= 11 is 0. The Hall–Kier alpha value is -3.15. The van der Waals surface area contributed by atoms with Gasteiger partial charge in [0.05, 0.1) is 17.8 Å². The Bertz CT molecular complexity index is 1080. The molecule has 0 aliphatic carbocycles. The van der Waals surface area contributed by atoms with Crippen LogP contribution in [-0.4, -0.2) is 32.4 Å². The number of amides is 1. The maximum atomic E-state index is 12.8. The lowest BCUT2D eigenvalue weighted by Gasteiger charge is -2.14. The molecule has 30 heavy (non-hydrogen) atoms. The molecule has 0 saturated carbocycles. The average molecular weight is 408 g/mol. The largest absolute Gasteiger partial charge is 0.480 e. The number of unbranched alkanes of at least 4 members (excludes halogenated alkanes) is 1. The van der Waals surface area contributed by atoms with Crippen molar-refractivity contribution < 1.29 is 14.7 Å². The van der Waals surface area contributed by atoms with Crippen LogP contribution in [0.5, 0.6) is 0 Å². The first-order valence-corrected chi connectivity index (χ1v) is 10.4. The number of aryl methyl sites for hydroxylation is 3.